The van der Waals surface area contributed by atoms with E-state index in [-0.39, 0.29) is 5.54 Å². The molecule has 0 bridgehead atoms. The van der Waals surface area contributed by atoms with Gasteiger partial charge in [0.15, 0.2) is 0 Å². The minimum atomic E-state index is -0.131. The Morgan fingerprint density at radius 2 is 1.65 bits per heavy atom. The molecular weight excluding hydrogens is 230 g/mol. The Balaban J connectivity index is 2.64. The Kier molecular flexibility index (Phi) is 5.03. The lowest BCUT2D eigenvalue weighted by atomic mass is 9.90. The molecule has 0 amide bonds. The third-order valence-electron chi connectivity index (χ3n) is 3.07. The Morgan fingerprint density at radius 3 is 2.12 bits per heavy atom. The van der Waals surface area contributed by atoms with Gasteiger partial charge in [0.1, 0.15) is 0 Å². The topological polar surface area (TPSA) is 12.0 Å². The summed E-state index contributed by atoms with van der Waals surface area (Å²) in [5.74, 6) is 0.584. The standard InChI is InChI=1S/C15H24ClN/c1-14(2,3)10-11-17-15(4,12-16)13-8-6-5-7-9-13/h5-9,17H,10-12H2,1-4H3. The Bertz CT molecular complexity index is 329. The van der Waals surface area contributed by atoms with Crippen LogP contribution in [0.3, 0.4) is 0 Å². The Hall–Kier alpha value is -0.530. The van der Waals surface area contributed by atoms with E-state index < -0.39 is 0 Å². The molecule has 0 aliphatic heterocycles. The fourth-order valence-electron chi connectivity index (χ4n) is 1.75. The molecule has 0 aliphatic rings. The van der Waals surface area contributed by atoms with Crippen LogP contribution in [-0.2, 0) is 5.54 Å². The van der Waals surface area contributed by atoms with E-state index in [0.29, 0.717) is 11.3 Å². The molecule has 0 fully saturated rings. The molecule has 0 saturated heterocycles. The fourth-order valence-corrected chi connectivity index (χ4v) is 1.99. The zero-order chi connectivity index (χ0) is 12.9. The van der Waals surface area contributed by atoms with Crippen molar-refractivity contribution in [3.05, 3.63) is 35.9 Å². The normalized spacial score (nSPS) is 15.6. The van der Waals surface area contributed by atoms with Crippen LogP contribution in [0.5, 0.6) is 0 Å². The molecule has 0 radical (unpaired) electrons. The molecule has 0 saturated carbocycles. The van der Waals surface area contributed by atoms with Gasteiger partial charge in [0.05, 0.1) is 5.54 Å². The molecule has 1 aromatic rings. The van der Waals surface area contributed by atoms with Crippen molar-refractivity contribution in [1.82, 2.24) is 5.32 Å². The fraction of sp³-hybridized carbons (Fsp3) is 0.600. The molecule has 0 spiro atoms. The number of benzene rings is 1. The van der Waals surface area contributed by atoms with Crippen LogP contribution >= 0.6 is 11.6 Å². The highest BCUT2D eigenvalue weighted by atomic mass is 35.5. The van der Waals surface area contributed by atoms with E-state index >= 15 is 0 Å². The van der Waals surface area contributed by atoms with E-state index in [1.54, 1.807) is 0 Å². The number of halogens is 1. The maximum absolute atomic E-state index is 6.13. The van der Waals surface area contributed by atoms with Crippen LogP contribution < -0.4 is 5.32 Å². The van der Waals surface area contributed by atoms with Crippen LogP contribution in [0.2, 0.25) is 0 Å². The highest BCUT2D eigenvalue weighted by Crippen LogP contribution is 2.24. The molecule has 1 nitrogen and oxygen atoms in total. The van der Waals surface area contributed by atoms with Gasteiger partial charge in [0.25, 0.3) is 0 Å². The smallest absolute Gasteiger partial charge is 0.0543 e. The number of nitrogens with one attached hydrogen (secondary N) is 1. The summed E-state index contributed by atoms with van der Waals surface area (Å²) in [6.07, 6.45) is 1.15. The first-order chi connectivity index (χ1) is 7.87. The van der Waals surface area contributed by atoms with Gasteiger partial charge in [0, 0.05) is 5.88 Å². The van der Waals surface area contributed by atoms with Gasteiger partial charge in [-0.15, -0.1) is 11.6 Å². The second kappa shape index (κ2) is 5.88. The summed E-state index contributed by atoms with van der Waals surface area (Å²) in [6.45, 7) is 9.93. The van der Waals surface area contributed by atoms with Gasteiger partial charge in [0.2, 0.25) is 0 Å². The maximum atomic E-state index is 6.13. The van der Waals surface area contributed by atoms with Gasteiger partial charge in [-0.3, -0.25) is 0 Å². The maximum Gasteiger partial charge on any atom is 0.0543 e. The highest BCUT2D eigenvalue weighted by molar-refractivity contribution is 6.18. The third kappa shape index (κ3) is 4.69. The first-order valence-electron chi connectivity index (χ1n) is 6.24. The van der Waals surface area contributed by atoms with Gasteiger partial charge >= 0.3 is 0 Å². The predicted molar refractivity (Wildman–Crippen MR) is 76.6 cm³/mol. The molecule has 1 N–H and O–H groups in total. The molecule has 1 rings (SSSR count). The van der Waals surface area contributed by atoms with E-state index in [9.17, 15) is 0 Å². The Morgan fingerprint density at radius 1 is 1.06 bits per heavy atom. The van der Waals surface area contributed by atoms with Crippen molar-refractivity contribution in [2.45, 2.75) is 39.7 Å². The van der Waals surface area contributed by atoms with Crippen molar-refractivity contribution >= 4 is 11.6 Å². The van der Waals surface area contributed by atoms with Crippen LogP contribution in [0.15, 0.2) is 30.3 Å². The van der Waals surface area contributed by atoms with Gasteiger partial charge < -0.3 is 5.32 Å². The van der Waals surface area contributed by atoms with Crippen molar-refractivity contribution in [1.29, 1.82) is 0 Å². The number of alkyl halides is 1. The van der Waals surface area contributed by atoms with Crippen molar-refractivity contribution in [2.75, 3.05) is 12.4 Å². The summed E-state index contributed by atoms with van der Waals surface area (Å²) in [5.41, 5.74) is 1.48. The van der Waals surface area contributed by atoms with Crippen LogP contribution in [0.25, 0.3) is 0 Å². The summed E-state index contributed by atoms with van der Waals surface area (Å²) in [6, 6.07) is 10.4. The molecule has 1 atom stereocenters. The Labute approximate surface area is 111 Å². The highest BCUT2D eigenvalue weighted by Gasteiger charge is 2.25. The molecule has 17 heavy (non-hydrogen) atoms. The van der Waals surface area contributed by atoms with E-state index in [1.165, 1.54) is 5.56 Å². The SMILES string of the molecule is CC(C)(C)CCNC(C)(CCl)c1ccccc1. The quantitative estimate of drug-likeness (QED) is 0.777. The van der Waals surface area contributed by atoms with Crippen LogP contribution in [0.1, 0.15) is 39.7 Å². The first-order valence-corrected chi connectivity index (χ1v) is 6.77. The average Bonchev–Trinajstić information content (AvgIpc) is 2.28. The lowest BCUT2D eigenvalue weighted by molar-refractivity contribution is 0.325. The van der Waals surface area contributed by atoms with Crippen molar-refractivity contribution in [3.63, 3.8) is 0 Å². The minimum Gasteiger partial charge on any atom is -0.307 e. The monoisotopic (exact) mass is 253 g/mol. The molecule has 0 heterocycles. The van der Waals surface area contributed by atoms with E-state index in [2.05, 4.69) is 57.3 Å². The van der Waals surface area contributed by atoms with Crippen molar-refractivity contribution in [2.24, 2.45) is 5.41 Å². The number of hydrogen-bond acceptors (Lipinski definition) is 1. The van der Waals surface area contributed by atoms with Crippen LogP contribution in [0, 0.1) is 5.41 Å². The van der Waals surface area contributed by atoms with Gasteiger partial charge in [-0.2, -0.15) is 0 Å². The van der Waals surface area contributed by atoms with Crippen LogP contribution in [-0.4, -0.2) is 12.4 Å². The van der Waals surface area contributed by atoms with E-state index in [1.807, 2.05) is 6.07 Å². The number of rotatable bonds is 5. The van der Waals surface area contributed by atoms with E-state index in [0.717, 1.165) is 13.0 Å². The molecule has 0 aliphatic carbocycles. The second-order valence-electron chi connectivity index (χ2n) is 6.07. The lowest BCUT2D eigenvalue weighted by Gasteiger charge is -2.31. The first kappa shape index (κ1) is 14.5. The molecular formula is C15H24ClN. The third-order valence-corrected chi connectivity index (χ3v) is 3.60. The summed E-state index contributed by atoms with van der Waals surface area (Å²) in [7, 11) is 0. The molecule has 1 aromatic carbocycles. The molecule has 96 valence electrons. The van der Waals surface area contributed by atoms with Gasteiger partial charge in [-0.05, 0) is 30.9 Å². The van der Waals surface area contributed by atoms with Crippen molar-refractivity contribution < 1.29 is 0 Å². The number of hydrogen-bond donors (Lipinski definition) is 1. The molecule has 0 aromatic heterocycles. The summed E-state index contributed by atoms with van der Waals surface area (Å²) < 4.78 is 0. The zero-order valence-electron chi connectivity index (χ0n) is 11.4. The minimum absolute atomic E-state index is 0.131. The largest absolute Gasteiger partial charge is 0.307 e. The van der Waals surface area contributed by atoms with E-state index in [4.69, 9.17) is 11.6 Å². The van der Waals surface area contributed by atoms with Crippen molar-refractivity contribution in [3.8, 4) is 0 Å². The van der Waals surface area contributed by atoms with Gasteiger partial charge in [-0.25, -0.2) is 0 Å². The summed E-state index contributed by atoms with van der Waals surface area (Å²) in [5, 5.41) is 3.59. The molecule has 2 heteroatoms. The lowest BCUT2D eigenvalue weighted by Crippen LogP contribution is -2.42. The zero-order valence-corrected chi connectivity index (χ0v) is 12.1. The average molecular weight is 254 g/mol. The molecule has 1 unspecified atom stereocenters. The van der Waals surface area contributed by atoms with Crippen LogP contribution in [0.4, 0.5) is 0 Å². The predicted octanol–water partition coefficient (Wildman–Crippen LogP) is 4.17. The second-order valence-corrected chi connectivity index (χ2v) is 6.34. The summed E-state index contributed by atoms with van der Waals surface area (Å²) in [4.78, 5) is 0. The summed E-state index contributed by atoms with van der Waals surface area (Å²) >= 11 is 6.13. The van der Waals surface area contributed by atoms with Gasteiger partial charge in [-0.1, -0.05) is 51.1 Å².